The zero-order valence-electron chi connectivity index (χ0n) is 18.6. The number of hydrogen-bond donors (Lipinski definition) is 2. The molecule has 7 nitrogen and oxygen atoms in total. The molecule has 1 heterocycles. The predicted molar refractivity (Wildman–Crippen MR) is 120 cm³/mol. The minimum atomic E-state index is -2.86. The molecule has 9 heteroatoms. The molecule has 0 bridgehead atoms. The quantitative estimate of drug-likeness (QED) is 0.454. The van der Waals surface area contributed by atoms with Gasteiger partial charge < -0.3 is 24.8 Å². The summed E-state index contributed by atoms with van der Waals surface area (Å²) in [5, 5.41) is 6.60. The van der Waals surface area contributed by atoms with Gasteiger partial charge in [0, 0.05) is 50.9 Å². The van der Waals surface area contributed by atoms with Gasteiger partial charge in [-0.15, -0.1) is 0 Å². The average Bonchev–Trinajstić information content (AvgIpc) is 3.23. The molecule has 0 aromatic heterocycles. The number of ether oxygens (including phenoxy) is 3. The summed E-state index contributed by atoms with van der Waals surface area (Å²) in [6.07, 6.45) is 0.965. The molecule has 1 unspecified atom stereocenters. The fourth-order valence-electron chi connectivity index (χ4n) is 3.74. The van der Waals surface area contributed by atoms with Crippen LogP contribution < -0.4 is 24.8 Å². The van der Waals surface area contributed by atoms with Gasteiger partial charge in [-0.3, -0.25) is 9.89 Å². The summed E-state index contributed by atoms with van der Waals surface area (Å²) >= 11 is 0. The van der Waals surface area contributed by atoms with Crippen LogP contribution in [0.1, 0.15) is 17.5 Å². The third kappa shape index (κ3) is 6.71. The van der Waals surface area contributed by atoms with Crippen molar-refractivity contribution in [3.63, 3.8) is 0 Å². The van der Waals surface area contributed by atoms with E-state index in [1.54, 1.807) is 39.5 Å². The second-order valence-electron chi connectivity index (χ2n) is 7.50. The maximum Gasteiger partial charge on any atom is 0.387 e. The van der Waals surface area contributed by atoms with Crippen molar-refractivity contribution in [2.45, 2.75) is 32.2 Å². The lowest BCUT2D eigenvalue weighted by atomic mass is 10.2. The number of alkyl halides is 2. The summed E-state index contributed by atoms with van der Waals surface area (Å²) < 4.78 is 40.5. The standard InChI is InChI=1S/C23H30F2N4O3/c1-26-23(27-13-17-6-4-5-7-21(17)32-22(24)25)28-18-8-9-29(15-18)14-16-10-19(30-2)12-20(11-16)31-3/h4-7,10-12,18,22H,8-9,13-15H2,1-3H3,(H2,26,27,28). The number of aliphatic imine (C=N–C) groups is 1. The monoisotopic (exact) mass is 448 g/mol. The SMILES string of the molecule is CN=C(NCc1ccccc1OC(F)F)NC1CCN(Cc2cc(OC)cc(OC)c2)C1. The first-order valence-corrected chi connectivity index (χ1v) is 10.4. The van der Waals surface area contributed by atoms with Crippen LogP contribution in [0.5, 0.6) is 17.2 Å². The van der Waals surface area contributed by atoms with Crippen LogP contribution in [0.4, 0.5) is 8.78 Å². The molecule has 0 saturated carbocycles. The zero-order chi connectivity index (χ0) is 22.9. The van der Waals surface area contributed by atoms with Crippen LogP contribution in [0.15, 0.2) is 47.5 Å². The van der Waals surface area contributed by atoms with Crippen molar-refractivity contribution in [3.8, 4) is 17.2 Å². The summed E-state index contributed by atoms with van der Waals surface area (Å²) in [7, 11) is 4.97. The molecular formula is C23H30F2N4O3. The van der Waals surface area contributed by atoms with E-state index in [1.807, 2.05) is 18.2 Å². The van der Waals surface area contributed by atoms with E-state index in [2.05, 4.69) is 25.3 Å². The van der Waals surface area contributed by atoms with Crippen molar-refractivity contribution >= 4 is 5.96 Å². The van der Waals surface area contributed by atoms with Gasteiger partial charge in [0.05, 0.1) is 14.2 Å². The van der Waals surface area contributed by atoms with E-state index in [-0.39, 0.29) is 11.8 Å². The highest BCUT2D eigenvalue weighted by Crippen LogP contribution is 2.24. The van der Waals surface area contributed by atoms with E-state index >= 15 is 0 Å². The Hall–Kier alpha value is -3.07. The normalized spacial score (nSPS) is 16.8. The minimum absolute atomic E-state index is 0.159. The molecule has 1 aliphatic rings. The van der Waals surface area contributed by atoms with E-state index in [0.717, 1.165) is 43.1 Å². The lowest BCUT2D eigenvalue weighted by Gasteiger charge is -2.20. The van der Waals surface area contributed by atoms with E-state index in [4.69, 9.17) is 9.47 Å². The maximum absolute atomic E-state index is 12.6. The number of rotatable bonds is 9. The largest absolute Gasteiger partial charge is 0.497 e. The molecular weight excluding hydrogens is 418 g/mol. The highest BCUT2D eigenvalue weighted by Gasteiger charge is 2.23. The van der Waals surface area contributed by atoms with Crippen LogP contribution >= 0.6 is 0 Å². The summed E-state index contributed by atoms with van der Waals surface area (Å²) in [5.74, 6) is 2.32. The molecule has 0 radical (unpaired) electrons. The molecule has 3 rings (SSSR count). The fraction of sp³-hybridized carbons (Fsp3) is 0.435. The molecule has 1 atom stereocenters. The number of nitrogens with zero attached hydrogens (tertiary/aromatic N) is 2. The van der Waals surface area contributed by atoms with Crippen LogP contribution in [0, 0.1) is 0 Å². The average molecular weight is 449 g/mol. The number of methoxy groups -OCH3 is 2. The molecule has 1 aliphatic heterocycles. The van der Waals surface area contributed by atoms with Crippen LogP contribution in [-0.2, 0) is 13.1 Å². The molecule has 2 N–H and O–H groups in total. The molecule has 1 saturated heterocycles. The van der Waals surface area contributed by atoms with Crippen molar-refractivity contribution in [1.29, 1.82) is 0 Å². The third-order valence-corrected chi connectivity index (χ3v) is 5.29. The Kier molecular flexibility index (Phi) is 8.49. The fourth-order valence-corrected chi connectivity index (χ4v) is 3.74. The van der Waals surface area contributed by atoms with Gasteiger partial charge in [0.15, 0.2) is 5.96 Å². The van der Waals surface area contributed by atoms with E-state index in [1.165, 1.54) is 6.07 Å². The lowest BCUT2D eigenvalue weighted by molar-refractivity contribution is -0.0504. The Morgan fingerprint density at radius 3 is 2.53 bits per heavy atom. The first-order valence-electron chi connectivity index (χ1n) is 10.4. The van der Waals surface area contributed by atoms with Crippen molar-refractivity contribution in [3.05, 3.63) is 53.6 Å². The highest BCUT2D eigenvalue weighted by atomic mass is 19.3. The van der Waals surface area contributed by atoms with E-state index in [0.29, 0.717) is 18.1 Å². The predicted octanol–water partition coefficient (Wildman–Crippen LogP) is 3.24. The molecule has 0 amide bonds. The maximum atomic E-state index is 12.6. The van der Waals surface area contributed by atoms with Crippen molar-refractivity contribution < 1.29 is 23.0 Å². The van der Waals surface area contributed by atoms with Gasteiger partial charge >= 0.3 is 6.61 Å². The van der Waals surface area contributed by atoms with Gasteiger partial charge in [0.1, 0.15) is 17.2 Å². The number of likely N-dealkylation sites (tertiary alicyclic amines) is 1. The van der Waals surface area contributed by atoms with E-state index < -0.39 is 6.61 Å². The minimum Gasteiger partial charge on any atom is -0.497 e. The van der Waals surface area contributed by atoms with Crippen molar-refractivity contribution in [2.24, 2.45) is 4.99 Å². The third-order valence-electron chi connectivity index (χ3n) is 5.29. The van der Waals surface area contributed by atoms with Gasteiger partial charge in [0.2, 0.25) is 0 Å². The van der Waals surface area contributed by atoms with Crippen molar-refractivity contribution in [1.82, 2.24) is 15.5 Å². The second-order valence-corrected chi connectivity index (χ2v) is 7.50. The number of guanidine groups is 1. The molecule has 2 aromatic rings. The number of halogens is 2. The topological polar surface area (TPSA) is 67.4 Å². The molecule has 32 heavy (non-hydrogen) atoms. The first-order chi connectivity index (χ1) is 15.5. The summed E-state index contributed by atoms with van der Waals surface area (Å²) in [6.45, 7) is 0.0473. The highest BCUT2D eigenvalue weighted by molar-refractivity contribution is 5.80. The van der Waals surface area contributed by atoms with Crippen LogP contribution in [0.3, 0.4) is 0 Å². The number of nitrogens with one attached hydrogen (secondary N) is 2. The Morgan fingerprint density at radius 1 is 1.16 bits per heavy atom. The lowest BCUT2D eigenvalue weighted by Crippen LogP contribution is -2.44. The van der Waals surface area contributed by atoms with Crippen LogP contribution in [0.2, 0.25) is 0 Å². The zero-order valence-corrected chi connectivity index (χ0v) is 18.6. The Labute approximate surface area is 187 Å². The van der Waals surface area contributed by atoms with Gasteiger partial charge in [-0.05, 0) is 30.2 Å². The summed E-state index contributed by atoms with van der Waals surface area (Å²) in [6, 6.07) is 12.8. The van der Waals surface area contributed by atoms with Crippen LogP contribution in [0.25, 0.3) is 0 Å². The summed E-state index contributed by atoms with van der Waals surface area (Å²) in [5.41, 5.74) is 1.76. The van der Waals surface area contributed by atoms with E-state index in [9.17, 15) is 8.78 Å². The van der Waals surface area contributed by atoms with Gasteiger partial charge in [-0.25, -0.2) is 0 Å². The van der Waals surface area contributed by atoms with Gasteiger partial charge in [-0.2, -0.15) is 8.78 Å². The molecule has 2 aromatic carbocycles. The van der Waals surface area contributed by atoms with Gasteiger partial charge in [0.25, 0.3) is 0 Å². The summed E-state index contributed by atoms with van der Waals surface area (Å²) in [4.78, 5) is 6.62. The van der Waals surface area contributed by atoms with Crippen LogP contribution in [-0.4, -0.2) is 57.9 Å². The van der Waals surface area contributed by atoms with Gasteiger partial charge in [-0.1, -0.05) is 18.2 Å². The van der Waals surface area contributed by atoms with Crippen molar-refractivity contribution in [2.75, 3.05) is 34.4 Å². The number of hydrogen-bond acceptors (Lipinski definition) is 5. The molecule has 0 aliphatic carbocycles. The molecule has 0 spiro atoms. The Bertz CT molecular complexity index is 888. The second kappa shape index (κ2) is 11.5. The number of benzene rings is 2. The Morgan fingerprint density at radius 2 is 1.88 bits per heavy atom. The number of para-hydroxylation sites is 1. The molecule has 174 valence electrons. The Balaban J connectivity index is 1.52. The molecule has 1 fully saturated rings. The first kappa shape index (κ1) is 23.6. The smallest absolute Gasteiger partial charge is 0.387 e.